The van der Waals surface area contributed by atoms with Crippen LogP contribution in [0.2, 0.25) is 0 Å². The Morgan fingerprint density at radius 1 is 1.06 bits per heavy atom. The van der Waals surface area contributed by atoms with Crippen LogP contribution in [-0.4, -0.2) is 35.4 Å². The molecule has 0 saturated carbocycles. The van der Waals surface area contributed by atoms with Crippen molar-refractivity contribution in [2.45, 2.75) is 49.5 Å². The van der Waals surface area contributed by atoms with Crippen LogP contribution in [-0.2, 0) is 22.9 Å². The van der Waals surface area contributed by atoms with Crippen molar-refractivity contribution in [3.05, 3.63) is 69.4 Å². The Balaban J connectivity index is 1.37. The second-order valence-corrected chi connectivity index (χ2v) is 11.2. The lowest BCUT2D eigenvalue weighted by molar-refractivity contribution is 0.102. The number of anilines is 1. The highest BCUT2D eigenvalue weighted by molar-refractivity contribution is 7.89. The molecule has 1 fully saturated rings. The van der Waals surface area contributed by atoms with Gasteiger partial charge in [-0.05, 0) is 80.0 Å². The molecule has 0 radical (unpaired) electrons. The van der Waals surface area contributed by atoms with Crippen molar-refractivity contribution < 1.29 is 17.6 Å². The van der Waals surface area contributed by atoms with E-state index >= 15 is 0 Å². The molecule has 2 aliphatic rings. The number of fused-ring (bicyclic) bond motifs is 1. The number of nitrogens with one attached hydrogen (secondary N) is 1. The maximum Gasteiger partial charge on any atom is 0.286 e. The normalized spacial score (nSPS) is 18.8. The Kier molecular flexibility index (Phi) is 5.98. The average Bonchev–Trinajstić information content (AvgIpc) is 3.49. The minimum Gasteiger partial charge on any atom is -0.320 e. The minimum absolute atomic E-state index is 0.104. The molecular formula is C23H23FN4O3S2. The van der Waals surface area contributed by atoms with Gasteiger partial charge in [-0.2, -0.15) is 4.31 Å². The lowest BCUT2D eigenvalue weighted by Crippen LogP contribution is -2.30. The number of rotatable bonds is 5. The molecular weight excluding hydrogens is 463 g/mol. The third-order valence-corrected chi connectivity index (χ3v) is 9.06. The highest BCUT2D eigenvalue weighted by Crippen LogP contribution is 2.38. The van der Waals surface area contributed by atoms with Crippen LogP contribution in [0.4, 0.5) is 10.1 Å². The molecule has 33 heavy (non-hydrogen) atoms. The summed E-state index contributed by atoms with van der Waals surface area (Å²) in [6.45, 7) is 0.397. The summed E-state index contributed by atoms with van der Waals surface area (Å²) in [7, 11) is -3.70. The minimum atomic E-state index is -3.70. The summed E-state index contributed by atoms with van der Waals surface area (Å²) >= 11 is 1.07. The maximum atomic E-state index is 13.5. The summed E-state index contributed by atoms with van der Waals surface area (Å²) in [5.41, 5.74) is 2.66. The van der Waals surface area contributed by atoms with Crippen molar-refractivity contribution >= 4 is 33.0 Å². The van der Waals surface area contributed by atoms with Gasteiger partial charge in [0.25, 0.3) is 5.91 Å². The summed E-state index contributed by atoms with van der Waals surface area (Å²) in [5, 5.41) is 11.3. The van der Waals surface area contributed by atoms with E-state index in [1.165, 1.54) is 28.1 Å². The van der Waals surface area contributed by atoms with Crippen molar-refractivity contribution in [1.82, 2.24) is 14.5 Å². The Morgan fingerprint density at radius 3 is 2.70 bits per heavy atom. The first-order valence-electron chi connectivity index (χ1n) is 11.0. The number of carbonyl (C=O) groups excluding carboxylic acids is 1. The molecule has 0 spiro atoms. The first-order chi connectivity index (χ1) is 15.9. The molecule has 7 nitrogen and oxygen atoms in total. The van der Waals surface area contributed by atoms with E-state index in [0.29, 0.717) is 35.0 Å². The fourth-order valence-corrected chi connectivity index (χ4v) is 7.16. The van der Waals surface area contributed by atoms with E-state index in [1.807, 2.05) is 12.1 Å². The molecule has 3 aromatic rings. The lowest BCUT2D eigenvalue weighted by atomic mass is 9.92. The largest absolute Gasteiger partial charge is 0.320 e. The number of nitrogens with zero attached hydrogens (tertiary/aromatic N) is 3. The summed E-state index contributed by atoms with van der Waals surface area (Å²) < 4.78 is 41.8. The summed E-state index contributed by atoms with van der Waals surface area (Å²) in [6, 6.07) is 10.6. The van der Waals surface area contributed by atoms with Gasteiger partial charge in [0.05, 0.1) is 10.9 Å². The van der Waals surface area contributed by atoms with E-state index < -0.39 is 27.8 Å². The zero-order chi connectivity index (χ0) is 23.0. The van der Waals surface area contributed by atoms with E-state index in [2.05, 4.69) is 15.5 Å². The van der Waals surface area contributed by atoms with Gasteiger partial charge in [0.2, 0.25) is 15.0 Å². The molecule has 10 heteroatoms. The van der Waals surface area contributed by atoms with Gasteiger partial charge in [-0.25, -0.2) is 12.8 Å². The Labute approximate surface area is 195 Å². The Hall–Kier alpha value is -2.69. The fourth-order valence-electron chi connectivity index (χ4n) is 4.49. The predicted octanol–water partition coefficient (Wildman–Crippen LogP) is 4.33. The van der Waals surface area contributed by atoms with Crippen LogP contribution in [0.25, 0.3) is 0 Å². The van der Waals surface area contributed by atoms with E-state index in [9.17, 15) is 17.6 Å². The van der Waals surface area contributed by atoms with Crippen molar-refractivity contribution in [2.75, 3.05) is 11.9 Å². The van der Waals surface area contributed by atoms with Gasteiger partial charge in [-0.3, -0.25) is 4.79 Å². The van der Waals surface area contributed by atoms with Crippen LogP contribution < -0.4 is 5.32 Å². The van der Waals surface area contributed by atoms with Gasteiger partial charge in [0.15, 0.2) is 0 Å². The smallest absolute Gasteiger partial charge is 0.286 e. The van der Waals surface area contributed by atoms with Crippen molar-refractivity contribution in [3.8, 4) is 0 Å². The number of carbonyl (C=O) groups is 1. The van der Waals surface area contributed by atoms with Crippen molar-refractivity contribution in [1.29, 1.82) is 0 Å². The molecule has 1 aliphatic heterocycles. The monoisotopic (exact) mass is 486 g/mol. The van der Waals surface area contributed by atoms with Gasteiger partial charge in [-0.15, -0.1) is 10.2 Å². The van der Waals surface area contributed by atoms with Crippen LogP contribution in [0, 0.1) is 5.82 Å². The SMILES string of the molecule is O=C(Nc1cccc(F)c1)c1nnc(C2CCCN2S(=O)(=O)c2ccc3c(c2)CCCC3)s1. The first-order valence-corrected chi connectivity index (χ1v) is 13.2. The van der Waals surface area contributed by atoms with E-state index in [1.54, 1.807) is 12.1 Å². The Morgan fingerprint density at radius 2 is 1.88 bits per heavy atom. The molecule has 1 N–H and O–H groups in total. The number of halogens is 1. The zero-order valence-electron chi connectivity index (χ0n) is 17.8. The van der Waals surface area contributed by atoms with E-state index in [0.717, 1.165) is 42.6 Å². The average molecular weight is 487 g/mol. The number of amides is 1. The molecule has 1 aromatic heterocycles. The summed E-state index contributed by atoms with van der Waals surface area (Å²) in [5.74, 6) is -0.967. The molecule has 1 amide bonds. The van der Waals surface area contributed by atoms with Gasteiger partial charge in [0, 0.05) is 12.2 Å². The molecule has 2 aromatic carbocycles. The lowest BCUT2D eigenvalue weighted by Gasteiger charge is -2.23. The molecule has 172 valence electrons. The molecule has 1 unspecified atom stereocenters. The molecule has 5 rings (SSSR count). The fraction of sp³-hybridized carbons (Fsp3) is 0.348. The van der Waals surface area contributed by atoms with E-state index in [4.69, 9.17) is 0 Å². The quantitative estimate of drug-likeness (QED) is 0.579. The second kappa shape index (κ2) is 8.92. The number of aromatic nitrogens is 2. The second-order valence-electron chi connectivity index (χ2n) is 8.32. The molecule has 1 aliphatic carbocycles. The third kappa shape index (κ3) is 4.42. The van der Waals surface area contributed by atoms with Crippen LogP contribution in [0.1, 0.15) is 57.7 Å². The van der Waals surface area contributed by atoms with Crippen molar-refractivity contribution in [2.24, 2.45) is 0 Å². The molecule has 2 heterocycles. The zero-order valence-corrected chi connectivity index (χ0v) is 19.5. The van der Waals surface area contributed by atoms with Crippen LogP contribution >= 0.6 is 11.3 Å². The summed E-state index contributed by atoms with van der Waals surface area (Å²) in [4.78, 5) is 12.8. The van der Waals surface area contributed by atoms with Gasteiger partial charge < -0.3 is 5.32 Å². The number of benzene rings is 2. The number of sulfonamides is 1. The van der Waals surface area contributed by atoms with Gasteiger partial charge in [-0.1, -0.05) is 23.5 Å². The van der Waals surface area contributed by atoms with Crippen LogP contribution in [0.3, 0.4) is 0 Å². The summed E-state index contributed by atoms with van der Waals surface area (Å²) in [6.07, 6.45) is 5.44. The highest BCUT2D eigenvalue weighted by Gasteiger charge is 2.38. The van der Waals surface area contributed by atoms with E-state index in [-0.39, 0.29) is 5.01 Å². The maximum absolute atomic E-state index is 13.5. The predicted molar refractivity (Wildman–Crippen MR) is 123 cm³/mol. The molecule has 1 atom stereocenters. The molecule has 0 bridgehead atoms. The van der Waals surface area contributed by atoms with Crippen LogP contribution in [0.5, 0.6) is 0 Å². The Bertz CT molecular complexity index is 1310. The third-order valence-electron chi connectivity index (χ3n) is 6.13. The van der Waals surface area contributed by atoms with Gasteiger partial charge >= 0.3 is 0 Å². The van der Waals surface area contributed by atoms with Gasteiger partial charge in [0.1, 0.15) is 10.8 Å². The number of hydrogen-bond acceptors (Lipinski definition) is 6. The number of hydrogen-bond donors (Lipinski definition) is 1. The first kappa shape index (κ1) is 22.1. The number of aryl methyl sites for hydroxylation is 2. The standard InChI is InChI=1S/C23H23FN4O3S2/c24-17-7-3-8-18(14-17)25-21(29)23-27-26-22(32-23)20-9-4-12-28(20)33(30,31)19-11-10-15-5-1-2-6-16(15)13-19/h3,7-8,10-11,13-14,20H,1-2,4-6,9,12H2,(H,25,29). The van der Waals surface area contributed by atoms with Crippen molar-refractivity contribution in [3.63, 3.8) is 0 Å². The topological polar surface area (TPSA) is 92.3 Å². The van der Waals surface area contributed by atoms with Crippen LogP contribution in [0.15, 0.2) is 47.4 Å². The highest BCUT2D eigenvalue weighted by atomic mass is 32.2. The molecule has 1 saturated heterocycles.